The molecule has 8 N–H and O–H groups in total. The summed E-state index contributed by atoms with van der Waals surface area (Å²) in [6.45, 7) is 0.945. The van der Waals surface area contributed by atoms with E-state index in [9.17, 15) is 85.0 Å². The number of aryl methyl sites for hydroxylation is 1. The normalized spacial score (nSPS) is 13.1. The molecule has 8 aromatic rings. The predicted octanol–water partition coefficient (Wildman–Crippen LogP) is 8.10. The molecule has 0 saturated heterocycles. The number of nitrogens with zero attached hydrogens (tertiary/aromatic N) is 9. The van der Waals surface area contributed by atoms with Crippen molar-refractivity contribution in [3.63, 3.8) is 0 Å². The lowest BCUT2D eigenvalue weighted by Crippen LogP contribution is -2.08. The van der Waals surface area contributed by atoms with Crippen molar-refractivity contribution in [3.05, 3.63) is 96.2 Å². The van der Waals surface area contributed by atoms with Crippen molar-refractivity contribution in [2.24, 2.45) is 30.7 Å². The molecule has 0 aliphatic heterocycles. The molecule has 0 aliphatic rings. The molecule has 29 nitrogen and oxygen atoms in total. The molecule has 0 atom stereocenters. The minimum Gasteiger partial charge on any atom is -0.505 e. The second kappa shape index (κ2) is 20.0. The standard InChI is InChI=1S/C41H31N9O20S6/c1-19-14-27(29(70-12-5-13-72(55,56)57)18-26(19)44-48-41-42-33-30(71-41)15-21(73(58,59)60)16-31(33)74(61,62)63)45-46-34-32(75(64,65)66)17-24-23(37(34)51)10-11-25(38(24)76(67,68)69)43-47-35-36(40(53)54)49-50(39(35)52)28-9-4-7-20-6-2-3-8-22(20)28/h2-4,6-11,14-18,51-52H,5,12-13H2,1H3,(H,53,54)(H,55,56,57)(H,58,59,60)(H,61,62,63)(H,64,65,66)(H,67,68,69). The second-order valence-electron chi connectivity index (χ2n) is 15.7. The molecule has 0 bridgehead atoms. The van der Waals surface area contributed by atoms with Crippen molar-refractivity contribution >= 4 is 133 Å². The number of carboxylic acids is 1. The molecular formula is C41H31N9O20S6. The van der Waals surface area contributed by atoms with E-state index < -0.39 is 139 Å². The van der Waals surface area contributed by atoms with Crippen LogP contribution in [0, 0.1) is 6.92 Å². The van der Waals surface area contributed by atoms with Gasteiger partial charge in [-0.3, -0.25) is 22.8 Å². The number of rotatable bonds is 17. The molecule has 0 spiro atoms. The maximum absolute atomic E-state index is 13.0. The molecule has 2 heterocycles. The van der Waals surface area contributed by atoms with Gasteiger partial charge in [0.25, 0.3) is 50.6 Å². The van der Waals surface area contributed by atoms with Crippen LogP contribution in [0.1, 0.15) is 22.5 Å². The predicted molar refractivity (Wildman–Crippen MR) is 264 cm³/mol. The number of carboxylic acid groups (broad SMARTS) is 1. The lowest BCUT2D eigenvalue weighted by atomic mass is 10.1. The first-order valence-corrected chi connectivity index (χ1v) is 28.8. The summed E-state index contributed by atoms with van der Waals surface area (Å²) in [5.41, 5.74) is -4.03. The van der Waals surface area contributed by atoms with E-state index in [1.807, 2.05) is 0 Å². The minimum atomic E-state index is -5.55. The number of hydrogen-bond acceptors (Lipinski definition) is 23. The van der Waals surface area contributed by atoms with Crippen LogP contribution in [0.2, 0.25) is 0 Å². The lowest BCUT2D eigenvalue weighted by molar-refractivity contribution is 0.0690. The Morgan fingerprint density at radius 3 is 1.97 bits per heavy atom. The van der Waals surface area contributed by atoms with Crippen LogP contribution in [-0.2, 0) is 50.6 Å². The number of azo groups is 3. The third-order valence-electron chi connectivity index (χ3n) is 10.6. The third-order valence-corrected chi connectivity index (χ3v) is 15.8. The van der Waals surface area contributed by atoms with Crippen molar-refractivity contribution in [1.82, 2.24) is 14.8 Å². The molecule has 0 aliphatic carbocycles. The van der Waals surface area contributed by atoms with Crippen LogP contribution in [0.25, 0.3) is 37.4 Å². The molecule has 6 aromatic carbocycles. The number of aromatic nitrogens is 3. The summed E-state index contributed by atoms with van der Waals surface area (Å²) >= 11 is 0.577. The van der Waals surface area contributed by atoms with E-state index in [1.54, 1.807) is 36.4 Å². The minimum absolute atomic E-state index is 0.0810. The summed E-state index contributed by atoms with van der Waals surface area (Å²) < 4.78 is 178. The van der Waals surface area contributed by atoms with Gasteiger partial charge in [-0.05, 0) is 66.8 Å². The molecule has 35 heteroatoms. The van der Waals surface area contributed by atoms with E-state index >= 15 is 0 Å². The van der Waals surface area contributed by atoms with Crippen LogP contribution in [-0.4, -0.2) is 113 Å². The molecule has 396 valence electrons. The van der Waals surface area contributed by atoms with Gasteiger partial charge in [-0.2, -0.15) is 51.9 Å². The summed E-state index contributed by atoms with van der Waals surface area (Å²) in [6.07, 6.45) is -0.333. The van der Waals surface area contributed by atoms with Gasteiger partial charge >= 0.3 is 5.97 Å². The molecule has 0 saturated carbocycles. The fourth-order valence-electron chi connectivity index (χ4n) is 7.27. The molecule has 0 fully saturated rings. The Morgan fingerprint density at radius 1 is 0.658 bits per heavy atom. The Kier molecular flexibility index (Phi) is 14.3. The molecule has 0 amide bonds. The Bertz CT molecular complexity index is 4460. The zero-order valence-corrected chi connectivity index (χ0v) is 42.6. The first-order chi connectivity index (χ1) is 35.4. The number of phenolic OH excluding ortho intramolecular Hbond substituents is 1. The molecule has 0 unspecified atom stereocenters. The molecule has 76 heavy (non-hydrogen) atoms. The first kappa shape index (κ1) is 54.4. The van der Waals surface area contributed by atoms with E-state index in [-0.39, 0.29) is 44.6 Å². The Labute approximate surface area is 430 Å². The number of phenols is 1. The number of hydrogen-bond donors (Lipinski definition) is 8. The highest BCUT2D eigenvalue weighted by molar-refractivity contribution is 7.87. The number of carbonyl (C=O) groups is 1. The number of ether oxygens (including phenoxy) is 1. The number of thiazole rings is 1. The fraction of sp³-hybridized carbons (Fsp3) is 0.0976. The summed E-state index contributed by atoms with van der Waals surface area (Å²) in [5.74, 6) is -4.88. The van der Waals surface area contributed by atoms with Crippen LogP contribution in [0.5, 0.6) is 17.4 Å². The molecule has 0 radical (unpaired) electrons. The Morgan fingerprint density at radius 2 is 1.32 bits per heavy atom. The van der Waals surface area contributed by atoms with Gasteiger partial charge in [-0.1, -0.05) is 47.7 Å². The number of benzene rings is 6. The average Bonchev–Trinajstić information content (AvgIpc) is 3.89. The van der Waals surface area contributed by atoms with Crippen molar-refractivity contribution in [2.45, 2.75) is 32.9 Å². The van der Waals surface area contributed by atoms with Crippen molar-refractivity contribution in [2.75, 3.05) is 12.4 Å². The van der Waals surface area contributed by atoms with Crippen LogP contribution in [0.3, 0.4) is 0 Å². The zero-order valence-electron chi connectivity index (χ0n) is 37.7. The van der Waals surface area contributed by atoms with Gasteiger partial charge in [0.2, 0.25) is 16.7 Å². The van der Waals surface area contributed by atoms with E-state index in [0.717, 1.165) is 28.9 Å². The monoisotopic (exact) mass is 1160 g/mol. The zero-order chi connectivity index (χ0) is 55.4. The van der Waals surface area contributed by atoms with E-state index in [2.05, 4.69) is 40.8 Å². The maximum Gasteiger partial charge on any atom is 0.358 e. The van der Waals surface area contributed by atoms with Crippen LogP contribution in [0.15, 0.2) is 135 Å². The first-order valence-electron chi connectivity index (χ1n) is 20.6. The molecule has 8 rings (SSSR count). The van der Waals surface area contributed by atoms with E-state index in [1.165, 1.54) is 19.1 Å². The Balaban J connectivity index is 1.21. The van der Waals surface area contributed by atoms with Gasteiger partial charge in [0.15, 0.2) is 11.4 Å². The van der Waals surface area contributed by atoms with Crippen molar-refractivity contribution in [1.29, 1.82) is 0 Å². The van der Waals surface area contributed by atoms with Gasteiger partial charge in [0.05, 0.1) is 33.3 Å². The molecule has 2 aromatic heterocycles. The highest BCUT2D eigenvalue weighted by atomic mass is 32.2. The van der Waals surface area contributed by atoms with E-state index in [0.29, 0.717) is 34.2 Å². The van der Waals surface area contributed by atoms with Crippen LogP contribution < -0.4 is 4.74 Å². The quantitative estimate of drug-likeness (QED) is 0.0242. The maximum atomic E-state index is 13.0. The smallest absolute Gasteiger partial charge is 0.358 e. The van der Waals surface area contributed by atoms with E-state index in [4.69, 9.17) is 4.74 Å². The lowest BCUT2D eigenvalue weighted by Gasteiger charge is -2.13. The summed E-state index contributed by atoms with van der Waals surface area (Å²) in [5, 5.41) is 59.4. The van der Waals surface area contributed by atoms with Gasteiger partial charge in [-0.25, -0.2) is 9.78 Å². The van der Waals surface area contributed by atoms with Gasteiger partial charge < -0.3 is 20.1 Å². The fourth-order valence-corrected chi connectivity index (χ4v) is 11.5. The third kappa shape index (κ3) is 11.4. The van der Waals surface area contributed by atoms with Gasteiger partial charge in [-0.15, -0.1) is 30.7 Å². The highest BCUT2D eigenvalue weighted by Crippen LogP contribution is 2.47. The Hall–Kier alpha value is -7.84. The summed E-state index contributed by atoms with van der Waals surface area (Å²) in [7, 11) is -25.7. The SMILES string of the molecule is Cc1cc(N=Nc2c(S(=O)(=O)O)cc3c(S(=O)(=O)O)c(N=Nc4c(C(=O)O)nn(-c5cccc6ccccc56)c4O)ccc3c2O)c(OCCCS(=O)(=O)O)cc1N=Nc1nc2c(S(=O)(=O)O)cc(S(=O)(=O)O)cc2s1. The van der Waals surface area contributed by atoms with Crippen molar-refractivity contribution < 1.29 is 89.7 Å². The molecular weight excluding hydrogens is 1130 g/mol. The average molecular weight is 1160 g/mol. The van der Waals surface area contributed by atoms with Crippen molar-refractivity contribution in [3.8, 4) is 23.1 Å². The topological polar surface area (TPSA) is 464 Å². The number of fused-ring (bicyclic) bond motifs is 3. The number of aromatic hydroxyl groups is 2. The highest BCUT2D eigenvalue weighted by Gasteiger charge is 2.30. The number of aromatic carboxylic acids is 1. The van der Waals surface area contributed by atoms with Crippen LogP contribution >= 0.6 is 11.3 Å². The van der Waals surface area contributed by atoms with Gasteiger partial charge in [0, 0.05) is 22.2 Å². The van der Waals surface area contributed by atoms with Crippen LogP contribution in [0.4, 0.5) is 33.6 Å². The summed E-state index contributed by atoms with van der Waals surface area (Å²) in [6, 6.07) is 17.5. The largest absolute Gasteiger partial charge is 0.505 e. The van der Waals surface area contributed by atoms with Gasteiger partial charge in [0.1, 0.15) is 43.0 Å². The second-order valence-corrected chi connectivity index (χ2v) is 23.8. The summed E-state index contributed by atoms with van der Waals surface area (Å²) in [4.78, 5) is 11.8.